The summed E-state index contributed by atoms with van der Waals surface area (Å²) in [5, 5.41) is 3.18. The van der Waals surface area contributed by atoms with Crippen LogP contribution in [0.1, 0.15) is 37.2 Å². The minimum absolute atomic E-state index is 0.554. The number of nitrogens with two attached hydrogens (primary N) is 1. The maximum Gasteiger partial charge on any atom is 0.189 e. The van der Waals surface area contributed by atoms with Crippen molar-refractivity contribution in [2.24, 2.45) is 10.7 Å². The van der Waals surface area contributed by atoms with Gasteiger partial charge in [0.25, 0.3) is 0 Å². The van der Waals surface area contributed by atoms with Gasteiger partial charge in [0.2, 0.25) is 0 Å². The van der Waals surface area contributed by atoms with Crippen molar-refractivity contribution in [3.8, 4) is 0 Å². The summed E-state index contributed by atoms with van der Waals surface area (Å²) in [6.07, 6.45) is 8.16. The fraction of sp³-hybridized carbons (Fsp3) is 0.667. The van der Waals surface area contributed by atoms with Crippen molar-refractivity contribution < 1.29 is 0 Å². The number of aromatic nitrogens is 2. The number of nitrogens with one attached hydrogen (secondary N) is 1. The topological polar surface area (TPSA) is 68.2 Å². The van der Waals surface area contributed by atoms with Crippen molar-refractivity contribution >= 4 is 5.96 Å². The molecule has 3 rings (SSSR count). The molecule has 1 aliphatic carbocycles. The first kappa shape index (κ1) is 10.6. The molecule has 0 radical (unpaired) electrons. The lowest BCUT2D eigenvalue weighted by Gasteiger charge is -2.11. The molecule has 0 atom stereocenters. The van der Waals surface area contributed by atoms with Crippen LogP contribution in [0, 0.1) is 0 Å². The van der Waals surface area contributed by atoms with Gasteiger partial charge in [-0.3, -0.25) is 0 Å². The van der Waals surface area contributed by atoms with Gasteiger partial charge in [-0.1, -0.05) is 0 Å². The van der Waals surface area contributed by atoms with Gasteiger partial charge >= 0.3 is 0 Å². The van der Waals surface area contributed by atoms with E-state index in [0.29, 0.717) is 18.5 Å². The summed E-state index contributed by atoms with van der Waals surface area (Å²) in [5.41, 5.74) is 6.82. The van der Waals surface area contributed by atoms with Gasteiger partial charge in [-0.25, -0.2) is 9.98 Å². The van der Waals surface area contributed by atoms with Gasteiger partial charge < -0.3 is 15.6 Å². The molecule has 0 amide bonds. The Morgan fingerprint density at radius 3 is 3.18 bits per heavy atom. The van der Waals surface area contributed by atoms with E-state index in [1.807, 2.05) is 0 Å². The summed E-state index contributed by atoms with van der Waals surface area (Å²) in [7, 11) is 0. The monoisotopic (exact) mass is 233 g/mol. The second-order valence-corrected chi connectivity index (χ2v) is 4.92. The zero-order valence-corrected chi connectivity index (χ0v) is 10.0. The van der Waals surface area contributed by atoms with Crippen molar-refractivity contribution in [2.75, 3.05) is 0 Å². The van der Waals surface area contributed by atoms with Crippen LogP contribution in [0.15, 0.2) is 11.2 Å². The van der Waals surface area contributed by atoms with Crippen LogP contribution in [-0.4, -0.2) is 21.6 Å². The average Bonchev–Trinajstić information content (AvgIpc) is 3.03. The molecule has 0 unspecified atom stereocenters. The Morgan fingerprint density at radius 2 is 2.41 bits per heavy atom. The lowest BCUT2D eigenvalue weighted by molar-refractivity contribution is 0.522. The SMILES string of the molecule is NC(=NCc1cn2c(n1)CCCC2)NC1CC1. The van der Waals surface area contributed by atoms with E-state index in [1.165, 1.54) is 31.5 Å². The smallest absolute Gasteiger partial charge is 0.189 e. The highest BCUT2D eigenvalue weighted by molar-refractivity contribution is 5.78. The van der Waals surface area contributed by atoms with E-state index < -0.39 is 0 Å². The van der Waals surface area contributed by atoms with Crippen molar-refractivity contribution in [3.05, 3.63) is 17.7 Å². The quantitative estimate of drug-likeness (QED) is 0.599. The number of aliphatic imine (C=N–C) groups is 1. The van der Waals surface area contributed by atoms with E-state index in [9.17, 15) is 0 Å². The third-order valence-corrected chi connectivity index (χ3v) is 3.30. The van der Waals surface area contributed by atoms with E-state index in [-0.39, 0.29) is 0 Å². The largest absolute Gasteiger partial charge is 0.370 e. The fourth-order valence-corrected chi connectivity index (χ4v) is 2.20. The lowest BCUT2D eigenvalue weighted by atomic mass is 10.2. The van der Waals surface area contributed by atoms with E-state index in [0.717, 1.165) is 18.7 Å². The van der Waals surface area contributed by atoms with Crippen molar-refractivity contribution in [1.82, 2.24) is 14.9 Å². The molecule has 0 aromatic carbocycles. The average molecular weight is 233 g/mol. The van der Waals surface area contributed by atoms with Gasteiger partial charge in [0.1, 0.15) is 5.82 Å². The zero-order chi connectivity index (χ0) is 11.7. The molecule has 0 bridgehead atoms. The number of rotatable bonds is 3. The summed E-state index contributed by atoms with van der Waals surface area (Å²) in [6, 6.07) is 0.564. The Hall–Kier alpha value is -1.52. The second-order valence-electron chi connectivity index (χ2n) is 4.92. The maximum atomic E-state index is 5.79. The lowest BCUT2D eigenvalue weighted by Crippen LogP contribution is -2.33. The predicted molar refractivity (Wildman–Crippen MR) is 66.6 cm³/mol. The standard InChI is InChI=1S/C12H19N5/c13-12(16-9-4-5-9)14-7-10-8-17-6-2-1-3-11(17)15-10/h8-9H,1-7H2,(H3,13,14,16). The van der Waals surface area contributed by atoms with Crippen LogP contribution in [0.25, 0.3) is 0 Å². The van der Waals surface area contributed by atoms with Gasteiger partial charge in [0, 0.05) is 25.2 Å². The molecular weight excluding hydrogens is 214 g/mol. The molecule has 5 heteroatoms. The van der Waals surface area contributed by atoms with Crippen LogP contribution in [0.3, 0.4) is 0 Å². The Morgan fingerprint density at radius 1 is 1.53 bits per heavy atom. The molecule has 5 nitrogen and oxygen atoms in total. The molecule has 1 aromatic heterocycles. The van der Waals surface area contributed by atoms with Crippen LogP contribution >= 0.6 is 0 Å². The van der Waals surface area contributed by atoms with Gasteiger partial charge in [0.05, 0.1) is 12.2 Å². The van der Waals surface area contributed by atoms with Crippen LogP contribution in [0.2, 0.25) is 0 Å². The van der Waals surface area contributed by atoms with Gasteiger partial charge in [-0.2, -0.15) is 0 Å². The van der Waals surface area contributed by atoms with Gasteiger partial charge in [0.15, 0.2) is 5.96 Å². The molecule has 17 heavy (non-hydrogen) atoms. The molecule has 2 heterocycles. The molecule has 1 aliphatic heterocycles. The summed E-state index contributed by atoms with van der Waals surface area (Å²) >= 11 is 0. The summed E-state index contributed by atoms with van der Waals surface area (Å²) in [6.45, 7) is 1.69. The maximum absolute atomic E-state index is 5.79. The minimum Gasteiger partial charge on any atom is -0.370 e. The Bertz CT molecular complexity index is 407. The number of aryl methyl sites for hydroxylation is 2. The molecular formula is C12H19N5. The third kappa shape index (κ3) is 2.60. The van der Waals surface area contributed by atoms with Gasteiger partial charge in [-0.05, 0) is 25.7 Å². The number of guanidine groups is 1. The Labute approximate surface area is 101 Å². The first-order valence-corrected chi connectivity index (χ1v) is 6.42. The first-order valence-electron chi connectivity index (χ1n) is 6.42. The second kappa shape index (κ2) is 4.39. The summed E-state index contributed by atoms with van der Waals surface area (Å²) < 4.78 is 2.25. The molecule has 0 saturated heterocycles. The molecule has 1 aromatic rings. The number of fused-ring (bicyclic) bond motifs is 1. The summed E-state index contributed by atoms with van der Waals surface area (Å²) in [4.78, 5) is 8.92. The van der Waals surface area contributed by atoms with Crippen molar-refractivity contribution in [2.45, 2.75) is 51.2 Å². The predicted octanol–water partition coefficient (Wildman–Crippen LogP) is 0.786. The molecule has 0 spiro atoms. The van der Waals surface area contributed by atoms with Gasteiger partial charge in [-0.15, -0.1) is 0 Å². The van der Waals surface area contributed by atoms with E-state index >= 15 is 0 Å². The van der Waals surface area contributed by atoms with Crippen LogP contribution in [0.4, 0.5) is 0 Å². The Kier molecular flexibility index (Phi) is 2.74. The minimum atomic E-state index is 0.554. The van der Waals surface area contributed by atoms with E-state index in [2.05, 4.69) is 26.1 Å². The fourth-order valence-electron chi connectivity index (χ4n) is 2.20. The van der Waals surface area contributed by atoms with E-state index in [4.69, 9.17) is 5.73 Å². The normalized spacial score (nSPS) is 20.1. The van der Waals surface area contributed by atoms with Crippen molar-refractivity contribution in [1.29, 1.82) is 0 Å². The molecule has 2 aliphatic rings. The highest BCUT2D eigenvalue weighted by atomic mass is 15.1. The molecule has 1 saturated carbocycles. The number of imidazole rings is 1. The Balaban J connectivity index is 1.62. The zero-order valence-electron chi connectivity index (χ0n) is 10.0. The third-order valence-electron chi connectivity index (χ3n) is 3.30. The molecule has 1 fully saturated rings. The highest BCUT2D eigenvalue weighted by Crippen LogP contribution is 2.18. The summed E-state index contributed by atoms with van der Waals surface area (Å²) in [5.74, 6) is 1.76. The number of nitrogens with zero attached hydrogens (tertiary/aromatic N) is 3. The van der Waals surface area contributed by atoms with Crippen LogP contribution in [-0.2, 0) is 19.5 Å². The first-order chi connectivity index (χ1) is 8.31. The highest BCUT2D eigenvalue weighted by Gasteiger charge is 2.21. The number of hydrogen-bond donors (Lipinski definition) is 2. The van der Waals surface area contributed by atoms with Crippen molar-refractivity contribution in [3.63, 3.8) is 0 Å². The van der Waals surface area contributed by atoms with Crippen LogP contribution < -0.4 is 11.1 Å². The van der Waals surface area contributed by atoms with E-state index in [1.54, 1.807) is 0 Å². The molecule has 3 N–H and O–H groups in total. The number of hydrogen-bond acceptors (Lipinski definition) is 2. The van der Waals surface area contributed by atoms with Crippen LogP contribution in [0.5, 0.6) is 0 Å². The molecule has 92 valence electrons.